The third-order valence-corrected chi connectivity index (χ3v) is 4.43. The SMILES string of the molecule is CCOC(=O)c1cnn(Cc2cn3cc(C4CC4)c(Cl)cc3n2)c1. The number of imidazole rings is 1. The lowest BCUT2D eigenvalue weighted by Gasteiger charge is -2.02. The number of hydrogen-bond acceptors (Lipinski definition) is 4. The highest BCUT2D eigenvalue weighted by Gasteiger charge is 2.26. The van der Waals surface area contributed by atoms with Crippen LogP contribution in [0.2, 0.25) is 5.02 Å². The van der Waals surface area contributed by atoms with Crippen LogP contribution in [0.4, 0.5) is 0 Å². The number of rotatable bonds is 5. The number of carbonyl (C=O) groups is 1. The van der Waals surface area contributed by atoms with E-state index < -0.39 is 0 Å². The number of fused-ring (bicyclic) bond motifs is 1. The molecule has 1 fully saturated rings. The first-order valence-corrected chi connectivity index (χ1v) is 8.38. The molecular weight excluding hydrogens is 328 g/mol. The molecule has 0 spiro atoms. The summed E-state index contributed by atoms with van der Waals surface area (Å²) in [6, 6.07) is 1.91. The molecule has 124 valence electrons. The first kappa shape index (κ1) is 15.2. The smallest absolute Gasteiger partial charge is 0.341 e. The highest BCUT2D eigenvalue weighted by molar-refractivity contribution is 6.31. The summed E-state index contributed by atoms with van der Waals surface area (Å²) >= 11 is 6.35. The molecule has 3 aromatic rings. The summed E-state index contributed by atoms with van der Waals surface area (Å²) in [5.74, 6) is 0.227. The van der Waals surface area contributed by atoms with Gasteiger partial charge >= 0.3 is 5.97 Å². The molecule has 0 saturated heterocycles. The molecule has 1 saturated carbocycles. The van der Waals surface area contributed by atoms with Crippen LogP contribution >= 0.6 is 11.6 Å². The summed E-state index contributed by atoms with van der Waals surface area (Å²) in [7, 11) is 0. The van der Waals surface area contributed by atoms with Crippen molar-refractivity contribution in [1.82, 2.24) is 19.2 Å². The minimum Gasteiger partial charge on any atom is -0.462 e. The van der Waals surface area contributed by atoms with Gasteiger partial charge in [-0.3, -0.25) is 4.68 Å². The number of carbonyl (C=O) groups excluding carboxylic acids is 1. The zero-order valence-electron chi connectivity index (χ0n) is 13.3. The molecule has 3 heterocycles. The van der Waals surface area contributed by atoms with Crippen molar-refractivity contribution < 1.29 is 9.53 Å². The van der Waals surface area contributed by atoms with Gasteiger partial charge in [-0.1, -0.05) is 11.6 Å². The second-order valence-electron chi connectivity index (χ2n) is 6.00. The third-order valence-electron chi connectivity index (χ3n) is 4.11. The van der Waals surface area contributed by atoms with Crippen molar-refractivity contribution in [3.05, 3.63) is 52.7 Å². The molecule has 0 bridgehead atoms. The molecule has 0 N–H and O–H groups in total. The van der Waals surface area contributed by atoms with Crippen LogP contribution in [0.5, 0.6) is 0 Å². The van der Waals surface area contributed by atoms with Gasteiger partial charge in [0.1, 0.15) is 5.65 Å². The van der Waals surface area contributed by atoms with E-state index in [4.69, 9.17) is 16.3 Å². The van der Waals surface area contributed by atoms with Gasteiger partial charge in [-0.25, -0.2) is 9.78 Å². The van der Waals surface area contributed by atoms with Crippen LogP contribution in [-0.2, 0) is 11.3 Å². The van der Waals surface area contributed by atoms with Crippen LogP contribution in [0.15, 0.2) is 30.9 Å². The summed E-state index contributed by atoms with van der Waals surface area (Å²) in [6.45, 7) is 2.61. The first-order valence-electron chi connectivity index (χ1n) is 8.00. The molecule has 7 heteroatoms. The Balaban J connectivity index is 1.57. The topological polar surface area (TPSA) is 61.4 Å². The van der Waals surface area contributed by atoms with E-state index >= 15 is 0 Å². The minimum atomic E-state index is -0.361. The first-order chi connectivity index (χ1) is 11.6. The lowest BCUT2D eigenvalue weighted by atomic mass is 10.2. The van der Waals surface area contributed by atoms with Crippen LogP contribution in [-0.4, -0.2) is 31.7 Å². The maximum atomic E-state index is 11.7. The van der Waals surface area contributed by atoms with Gasteiger partial charge in [0, 0.05) is 29.7 Å². The predicted octanol–water partition coefficient (Wildman–Crippen LogP) is 3.29. The number of nitrogens with zero attached hydrogens (tertiary/aromatic N) is 4. The van der Waals surface area contributed by atoms with Crippen LogP contribution in [0, 0.1) is 0 Å². The lowest BCUT2D eigenvalue weighted by molar-refractivity contribution is 0.0526. The molecular formula is C17H17ClN4O2. The molecule has 0 atom stereocenters. The number of aromatic nitrogens is 4. The summed E-state index contributed by atoms with van der Waals surface area (Å²) in [5, 5.41) is 4.98. The fourth-order valence-electron chi connectivity index (χ4n) is 2.79. The predicted molar refractivity (Wildman–Crippen MR) is 89.5 cm³/mol. The molecule has 0 aliphatic heterocycles. The van der Waals surface area contributed by atoms with E-state index in [0.29, 0.717) is 24.6 Å². The summed E-state index contributed by atoms with van der Waals surface area (Å²) < 4.78 is 8.65. The van der Waals surface area contributed by atoms with Gasteiger partial charge in [-0.15, -0.1) is 0 Å². The van der Waals surface area contributed by atoms with Gasteiger partial charge < -0.3 is 9.14 Å². The highest BCUT2D eigenvalue weighted by Crippen LogP contribution is 2.43. The van der Waals surface area contributed by atoms with Crippen molar-refractivity contribution in [3.8, 4) is 0 Å². The van der Waals surface area contributed by atoms with Gasteiger partial charge in [0.25, 0.3) is 0 Å². The zero-order valence-corrected chi connectivity index (χ0v) is 14.0. The number of pyridine rings is 1. The fraction of sp³-hybridized carbons (Fsp3) is 0.353. The Morgan fingerprint density at radius 1 is 1.38 bits per heavy atom. The maximum absolute atomic E-state index is 11.7. The quantitative estimate of drug-likeness (QED) is 0.666. The number of hydrogen-bond donors (Lipinski definition) is 0. The van der Waals surface area contributed by atoms with Crippen molar-refractivity contribution in [2.45, 2.75) is 32.2 Å². The number of halogens is 1. The van der Waals surface area contributed by atoms with Gasteiger partial charge in [0.2, 0.25) is 0 Å². The molecule has 1 aliphatic rings. The Morgan fingerprint density at radius 2 is 2.21 bits per heavy atom. The van der Waals surface area contributed by atoms with Crippen molar-refractivity contribution in [3.63, 3.8) is 0 Å². The average molecular weight is 345 g/mol. The lowest BCUT2D eigenvalue weighted by Crippen LogP contribution is -2.04. The van der Waals surface area contributed by atoms with E-state index in [1.54, 1.807) is 17.8 Å². The molecule has 24 heavy (non-hydrogen) atoms. The normalized spacial score (nSPS) is 14.2. The standard InChI is InChI=1S/C17H17ClN4O2/c1-2-24-17(23)12-6-19-22(7-12)9-13-8-21-10-14(11-3-4-11)15(18)5-16(21)20-13/h5-8,10-11H,2-4,9H2,1H3. The Kier molecular flexibility index (Phi) is 3.76. The fourth-order valence-corrected chi connectivity index (χ4v) is 3.09. The highest BCUT2D eigenvalue weighted by atomic mass is 35.5. The second kappa shape index (κ2) is 5.94. The molecule has 4 rings (SSSR count). The molecule has 0 amide bonds. The van der Waals surface area contributed by atoms with Gasteiger partial charge in [0.05, 0.1) is 30.6 Å². The maximum Gasteiger partial charge on any atom is 0.341 e. The van der Waals surface area contributed by atoms with Crippen molar-refractivity contribution in [1.29, 1.82) is 0 Å². The Hall–Kier alpha value is -2.34. The van der Waals surface area contributed by atoms with E-state index in [0.717, 1.165) is 16.4 Å². The molecule has 0 radical (unpaired) electrons. The van der Waals surface area contributed by atoms with Crippen molar-refractivity contribution in [2.24, 2.45) is 0 Å². The summed E-state index contributed by atoms with van der Waals surface area (Å²) in [6.07, 6.45) is 9.64. The van der Waals surface area contributed by atoms with E-state index in [1.165, 1.54) is 24.6 Å². The third kappa shape index (κ3) is 2.89. The zero-order chi connectivity index (χ0) is 16.7. The minimum absolute atomic E-state index is 0.348. The van der Waals surface area contributed by atoms with Gasteiger partial charge in [-0.2, -0.15) is 5.10 Å². The molecule has 6 nitrogen and oxygen atoms in total. The van der Waals surface area contributed by atoms with E-state index in [2.05, 4.69) is 16.3 Å². The Morgan fingerprint density at radius 3 is 2.96 bits per heavy atom. The summed E-state index contributed by atoms with van der Waals surface area (Å²) in [4.78, 5) is 16.3. The van der Waals surface area contributed by atoms with E-state index in [-0.39, 0.29) is 5.97 Å². The largest absolute Gasteiger partial charge is 0.462 e. The van der Waals surface area contributed by atoms with E-state index in [1.807, 2.05) is 16.7 Å². The number of ether oxygens (including phenoxy) is 1. The Bertz CT molecular complexity index is 911. The monoisotopic (exact) mass is 344 g/mol. The molecule has 0 aromatic carbocycles. The van der Waals surface area contributed by atoms with Crippen molar-refractivity contribution >= 4 is 23.2 Å². The molecule has 3 aromatic heterocycles. The molecule has 0 unspecified atom stereocenters. The van der Waals surface area contributed by atoms with Crippen LogP contribution in [0.1, 0.15) is 47.3 Å². The van der Waals surface area contributed by atoms with E-state index in [9.17, 15) is 4.79 Å². The van der Waals surface area contributed by atoms with Gasteiger partial charge in [0.15, 0.2) is 0 Å². The van der Waals surface area contributed by atoms with Gasteiger partial charge in [-0.05, 0) is 31.2 Å². The van der Waals surface area contributed by atoms with Crippen LogP contribution in [0.25, 0.3) is 5.65 Å². The summed E-state index contributed by atoms with van der Waals surface area (Å²) in [5.41, 5.74) is 3.31. The van der Waals surface area contributed by atoms with Crippen LogP contribution in [0.3, 0.4) is 0 Å². The molecule has 1 aliphatic carbocycles. The average Bonchev–Trinajstić information content (AvgIpc) is 3.16. The number of esters is 1. The second-order valence-corrected chi connectivity index (χ2v) is 6.40. The van der Waals surface area contributed by atoms with Crippen molar-refractivity contribution in [2.75, 3.05) is 6.61 Å². The Labute approximate surface area is 144 Å². The van der Waals surface area contributed by atoms with Crippen LogP contribution < -0.4 is 0 Å².